The van der Waals surface area contributed by atoms with Crippen LogP contribution in [0, 0.1) is 5.92 Å². The number of alkyl halides is 3. The zero-order chi connectivity index (χ0) is 23.1. The maximum absolute atomic E-state index is 12.4. The number of fused-ring (bicyclic) bond motifs is 1. The molecule has 174 valence electrons. The molecule has 0 saturated carbocycles. The van der Waals surface area contributed by atoms with E-state index in [1.807, 2.05) is 12.1 Å². The van der Waals surface area contributed by atoms with Gasteiger partial charge in [-0.3, -0.25) is 0 Å². The standard InChI is InChI=1S/C23H30F3N5O/c1-4-5-17(12-13-27-16(2)3)14-28-21-10-11-22-29-15-20(31(22)30-21)18-6-8-19(9-7-18)32-23(24,25)26/h6-11,15-17,27H,4-5,12-14H2,1-3H3,(H,28,30). The van der Waals surface area contributed by atoms with E-state index in [-0.39, 0.29) is 5.75 Å². The van der Waals surface area contributed by atoms with Gasteiger partial charge >= 0.3 is 6.36 Å². The van der Waals surface area contributed by atoms with Crippen LogP contribution in [-0.4, -0.2) is 40.1 Å². The van der Waals surface area contributed by atoms with Crippen molar-refractivity contribution in [3.05, 3.63) is 42.6 Å². The van der Waals surface area contributed by atoms with Crippen molar-refractivity contribution in [3.63, 3.8) is 0 Å². The number of aromatic nitrogens is 3. The SMILES string of the molecule is CCCC(CCNC(C)C)CNc1ccc2ncc(-c3ccc(OC(F)(F)F)cc3)n2n1. The molecule has 32 heavy (non-hydrogen) atoms. The van der Waals surface area contributed by atoms with Gasteiger partial charge in [-0.25, -0.2) is 9.50 Å². The Morgan fingerprint density at radius 2 is 1.81 bits per heavy atom. The maximum atomic E-state index is 12.4. The summed E-state index contributed by atoms with van der Waals surface area (Å²) in [5, 5.41) is 11.5. The van der Waals surface area contributed by atoms with Crippen LogP contribution in [0.2, 0.25) is 0 Å². The van der Waals surface area contributed by atoms with E-state index < -0.39 is 6.36 Å². The first kappa shape index (κ1) is 23.8. The maximum Gasteiger partial charge on any atom is 0.573 e. The Hall–Kier alpha value is -2.81. The predicted octanol–water partition coefficient (Wildman–Crippen LogP) is 5.51. The van der Waals surface area contributed by atoms with Crippen molar-refractivity contribution in [1.82, 2.24) is 19.9 Å². The predicted molar refractivity (Wildman–Crippen MR) is 120 cm³/mol. The highest BCUT2D eigenvalue weighted by Crippen LogP contribution is 2.27. The van der Waals surface area contributed by atoms with Gasteiger partial charge in [-0.15, -0.1) is 18.3 Å². The second-order valence-electron chi connectivity index (χ2n) is 8.14. The minimum Gasteiger partial charge on any atom is -0.406 e. The minimum atomic E-state index is -4.71. The third-order valence-corrected chi connectivity index (χ3v) is 5.12. The lowest BCUT2D eigenvalue weighted by Crippen LogP contribution is -2.27. The third-order valence-electron chi connectivity index (χ3n) is 5.12. The molecule has 1 atom stereocenters. The Morgan fingerprint density at radius 1 is 1.06 bits per heavy atom. The van der Waals surface area contributed by atoms with E-state index in [0.29, 0.717) is 28.9 Å². The number of hydrogen-bond acceptors (Lipinski definition) is 5. The molecule has 0 spiro atoms. The van der Waals surface area contributed by atoms with Gasteiger partial charge in [-0.1, -0.05) is 27.2 Å². The zero-order valence-corrected chi connectivity index (χ0v) is 18.6. The first-order valence-electron chi connectivity index (χ1n) is 10.9. The molecule has 0 aliphatic heterocycles. The quantitative estimate of drug-likeness (QED) is 0.404. The topological polar surface area (TPSA) is 63.5 Å². The largest absolute Gasteiger partial charge is 0.573 e. The molecule has 0 saturated heterocycles. The average Bonchev–Trinajstić information content (AvgIpc) is 3.14. The number of ether oxygens (including phenoxy) is 1. The highest BCUT2D eigenvalue weighted by atomic mass is 19.4. The summed E-state index contributed by atoms with van der Waals surface area (Å²) in [5.41, 5.74) is 2.04. The number of nitrogens with zero attached hydrogens (tertiary/aromatic N) is 3. The Balaban J connectivity index is 1.71. The fraction of sp³-hybridized carbons (Fsp3) is 0.478. The Morgan fingerprint density at radius 3 is 2.47 bits per heavy atom. The van der Waals surface area contributed by atoms with Gasteiger partial charge in [0.15, 0.2) is 5.65 Å². The van der Waals surface area contributed by atoms with Gasteiger partial charge in [0.25, 0.3) is 0 Å². The van der Waals surface area contributed by atoms with Gasteiger partial charge in [0.05, 0.1) is 11.9 Å². The molecule has 0 amide bonds. The van der Waals surface area contributed by atoms with Crippen molar-refractivity contribution in [2.24, 2.45) is 5.92 Å². The number of hydrogen-bond donors (Lipinski definition) is 2. The van der Waals surface area contributed by atoms with E-state index in [1.165, 1.54) is 12.1 Å². The number of nitrogens with one attached hydrogen (secondary N) is 2. The Labute approximate surface area is 186 Å². The number of benzene rings is 1. The monoisotopic (exact) mass is 449 g/mol. The summed E-state index contributed by atoms with van der Waals surface area (Å²) in [6.45, 7) is 8.28. The van der Waals surface area contributed by atoms with E-state index in [1.54, 1.807) is 22.8 Å². The fourth-order valence-corrected chi connectivity index (χ4v) is 3.57. The highest BCUT2D eigenvalue weighted by Gasteiger charge is 2.31. The molecule has 0 aliphatic rings. The second kappa shape index (κ2) is 10.7. The molecular formula is C23H30F3N5O. The first-order valence-corrected chi connectivity index (χ1v) is 10.9. The van der Waals surface area contributed by atoms with Crippen LogP contribution in [0.5, 0.6) is 5.75 Å². The van der Waals surface area contributed by atoms with E-state index in [9.17, 15) is 13.2 Å². The number of halogens is 3. The third kappa shape index (κ3) is 6.85. The van der Waals surface area contributed by atoms with Gasteiger partial charge in [0.1, 0.15) is 11.6 Å². The first-order chi connectivity index (χ1) is 15.2. The summed E-state index contributed by atoms with van der Waals surface area (Å²) in [6.07, 6.45) is 0.290. The van der Waals surface area contributed by atoms with Crippen molar-refractivity contribution in [3.8, 4) is 17.0 Å². The summed E-state index contributed by atoms with van der Waals surface area (Å²) in [5.74, 6) is 0.998. The van der Waals surface area contributed by atoms with Crippen LogP contribution >= 0.6 is 0 Å². The van der Waals surface area contributed by atoms with Crippen molar-refractivity contribution >= 4 is 11.5 Å². The molecule has 0 aliphatic carbocycles. The number of imidazole rings is 1. The molecule has 6 nitrogen and oxygen atoms in total. The molecule has 2 heterocycles. The van der Waals surface area contributed by atoms with Crippen LogP contribution in [0.25, 0.3) is 16.9 Å². The molecule has 0 radical (unpaired) electrons. The van der Waals surface area contributed by atoms with Gasteiger partial charge in [0.2, 0.25) is 0 Å². The Kier molecular flexibility index (Phi) is 7.95. The summed E-state index contributed by atoms with van der Waals surface area (Å²) < 4.78 is 42.8. The van der Waals surface area contributed by atoms with Crippen molar-refractivity contribution in [2.45, 2.75) is 52.4 Å². The lowest BCUT2D eigenvalue weighted by molar-refractivity contribution is -0.274. The molecule has 2 N–H and O–H groups in total. The van der Waals surface area contributed by atoms with Crippen LogP contribution in [0.4, 0.5) is 19.0 Å². The van der Waals surface area contributed by atoms with Crippen molar-refractivity contribution < 1.29 is 17.9 Å². The molecule has 1 aromatic carbocycles. The molecular weight excluding hydrogens is 419 g/mol. The van der Waals surface area contributed by atoms with Crippen LogP contribution in [-0.2, 0) is 0 Å². The second-order valence-corrected chi connectivity index (χ2v) is 8.14. The molecule has 2 aromatic heterocycles. The summed E-state index contributed by atoms with van der Waals surface area (Å²) >= 11 is 0. The normalized spacial score (nSPS) is 13.0. The lowest BCUT2D eigenvalue weighted by atomic mass is 9.99. The van der Waals surface area contributed by atoms with Crippen LogP contribution in [0.1, 0.15) is 40.0 Å². The molecule has 0 bridgehead atoms. The smallest absolute Gasteiger partial charge is 0.406 e. The van der Waals surface area contributed by atoms with E-state index in [0.717, 1.165) is 38.2 Å². The van der Waals surface area contributed by atoms with Crippen LogP contribution in [0.3, 0.4) is 0 Å². The van der Waals surface area contributed by atoms with Gasteiger partial charge < -0.3 is 15.4 Å². The van der Waals surface area contributed by atoms with E-state index >= 15 is 0 Å². The van der Waals surface area contributed by atoms with Crippen molar-refractivity contribution in [2.75, 3.05) is 18.4 Å². The van der Waals surface area contributed by atoms with Gasteiger partial charge in [-0.2, -0.15) is 0 Å². The summed E-state index contributed by atoms with van der Waals surface area (Å²) in [6, 6.07) is 9.92. The zero-order valence-electron chi connectivity index (χ0n) is 18.6. The highest BCUT2D eigenvalue weighted by molar-refractivity contribution is 5.64. The van der Waals surface area contributed by atoms with Gasteiger partial charge in [-0.05, 0) is 61.7 Å². The van der Waals surface area contributed by atoms with Crippen molar-refractivity contribution in [1.29, 1.82) is 0 Å². The van der Waals surface area contributed by atoms with E-state index in [2.05, 4.69) is 46.2 Å². The Bertz CT molecular complexity index is 985. The van der Waals surface area contributed by atoms with Gasteiger partial charge in [0, 0.05) is 18.2 Å². The summed E-state index contributed by atoms with van der Waals surface area (Å²) in [4.78, 5) is 4.35. The number of anilines is 1. The molecule has 3 aromatic rings. The molecule has 9 heteroatoms. The number of rotatable bonds is 11. The van der Waals surface area contributed by atoms with Crippen LogP contribution < -0.4 is 15.4 Å². The minimum absolute atomic E-state index is 0.265. The molecule has 0 fully saturated rings. The van der Waals surface area contributed by atoms with E-state index in [4.69, 9.17) is 0 Å². The lowest BCUT2D eigenvalue weighted by Gasteiger charge is -2.18. The molecule has 1 unspecified atom stereocenters. The molecule has 3 rings (SSSR count). The van der Waals surface area contributed by atoms with Crippen LogP contribution in [0.15, 0.2) is 42.6 Å². The average molecular weight is 450 g/mol. The summed E-state index contributed by atoms with van der Waals surface area (Å²) in [7, 11) is 0. The fourth-order valence-electron chi connectivity index (χ4n) is 3.57.